The Morgan fingerprint density at radius 3 is 2.54 bits per heavy atom. The van der Waals surface area contributed by atoms with Crippen LogP contribution in [-0.2, 0) is 0 Å². The molecule has 0 saturated heterocycles. The van der Waals surface area contributed by atoms with Gasteiger partial charge in [0, 0.05) is 6.07 Å². The van der Waals surface area contributed by atoms with Crippen LogP contribution in [0.5, 0.6) is 0 Å². The summed E-state index contributed by atoms with van der Waals surface area (Å²) < 4.78 is 3.28. The minimum absolute atomic E-state index is 0.346. The van der Waals surface area contributed by atoms with E-state index in [4.69, 9.17) is 39.2 Å². The van der Waals surface area contributed by atoms with Crippen molar-refractivity contribution in [2.45, 2.75) is 3.79 Å². The van der Waals surface area contributed by atoms with Crippen LogP contribution in [0.4, 0.5) is 0 Å². The number of hydrogen-bond acceptors (Lipinski definition) is 2. The number of hydrogen-bond donors (Lipinski definition) is 0. The van der Waals surface area contributed by atoms with Crippen LogP contribution in [0.15, 0.2) is 33.5 Å². The van der Waals surface area contributed by atoms with Crippen molar-refractivity contribution in [2.75, 3.05) is 0 Å². The molecule has 0 amide bonds. The van der Waals surface area contributed by atoms with Crippen molar-refractivity contribution in [3.63, 3.8) is 0 Å². The first-order valence-corrected chi connectivity index (χ1v) is 4.47. The van der Waals surface area contributed by atoms with Gasteiger partial charge in [0.1, 0.15) is 5.76 Å². The lowest BCUT2D eigenvalue weighted by atomic mass is 10.3. The molecule has 1 rings (SSSR count). The van der Waals surface area contributed by atoms with Gasteiger partial charge >= 0.3 is 5.63 Å². The Morgan fingerprint density at radius 2 is 2.00 bits per heavy atom. The van der Waals surface area contributed by atoms with Gasteiger partial charge in [0.05, 0.1) is 0 Å². The molecule has 70 valence electrons. The lowest BCUT2D eigenvalue weighted by Gasteiger charge is -2.01. The lowest BCUT2D eigenvalue weighted by molar-refractivity contribution is 0.501. The zero-order valence-corrected chi connectivity index (χ0v) is 8.60. The van der Waals surface area contributed by atoms with Crippen molar-refractivity contribution >= 4 is 40.9 Å². The third-order valence-electron chi connectivity index (χ3n) is 1.15. The quantitative estimate of drug-likeness (QED) is 0.705. The molecule has 0 bridgehead atoms. The summed E-state index contributed by atoms with van der Waals surface area (Å²) in [6.45, 7) is 0. The van der Waals surface area contributed by atoms with E-state index in [9.17, 15) is 4.79 Å². The molecule has 0 radical (unpaired) electrons. The third kappa shape index (κ3) is 4.36. The summed E-state index contributed by atoms with van der Waals surface area (Å²) in [7, 11) is 0. The first-order chi connectivity index (χ1) is 5.97. The fraction of sp³-hybridized carbons (Fsp3) is 0.125. The average Bonchev–Trinajstić information content (AvgIpc) is 2.00. The largest absolute Gasteiger partial charge is 0.423 e. The van der Waals surface area contributed by atoms with E-state index < -0.39 is 9.42 Å². The predicted molar refractivity (Wildman–Crippen MR) is 54.3 cm³/mol. The standard InChI is InChI=1S/C8H5Cl3O2/c9-8(10,11)5-4-6-2-1-3-7(12)13-6/h1-5H. The Balaban J connectivity index is 2.87. The number of rotatable bonds is 1. The molecule has 1 aromatic rings. The second-order valence-corrected chi connectivity index (χ2v) is 4.59. The van der Waals surface area contributed by atoms with E-state index in [1.54, 1.807) is 12.1 Å². The normalized spacial score (nSPS) is 12.2. The molecule has 0 N–H and O–H groups in total. The molecule has 0 aliphatic carbocycles. The predicted octanol–water partition coefficient (Wildman–Crippen LogP) is 3.02. The van der Waals surface area contributed by atoms with Crippen molar-refractivity contribution in [3.05, 3.63) is 40.5 Å². The van der Waals surface area contributed by atoms with Gasteiger partial charge in [0.2, 0.25) is 3.79 Å². The second-order valence-electron chi connectivity index (χ2n) is 2.22. The van der Waals surface area contributed by atoms with Crippen LogP contribution >= 0.6 is 34.8 Å². The highest BCUT2D eigenvalue weighted by molar-refractivity contribution is 6.69. The summed E-state index contributed by atoms with van der Waals surface area (Å²) in [6.07, 6.45) is 2.73. The van der Waals surface area contributed by atoms with Gasteiger partial charge in [-0.1, -0.05) is 40.9 Å². The van der Waals surface area contributed by atoms with Crippen LogP contribution in [-0.4, -0.2) is 3.79 Å². The van der Waals surface area contributed by atoms with E-state index in [1.807, 2.05) is 0 Å². The Labute approximate surface area is 89.7 Å². The van der Waals surface area contributed by atoms with Gasteiger partial charge in [-0.15, -0.1) is 0 Å². The first kappa shape index (κ1) is 10.6. The highest BCUT2D eigenvalue weighted by Crippen LogP contribution is 2.28. The molecule has 0 spiro atoms. The van der Waals surface area contributed by atoms with Gasteiger partial charge in [0.25, 0.3) is 0 Å². The van der Waals surface area contributed by atoms with Gasteiger partial charge in [0.15, 0.2) is 0 Å². The van der Waals surface area contributed by atoms with Crippen LogP contribution in [0.1, 0.15) is 5.76 Å². The molecule has 5 heteroatoms. The van der Waals surface area contributed by atoms with Crippen LogP contribution in [0.25, 0.3) is 6.08 Å². The SMILES string of the molecule is O=c1cccc(C=CC(Cl)(Cl)Cl)o1. The lowest BCUT2D eigenvalue weighted by Crippen LogP contribution is -1.97. The molecule has 0 fully saturated rings. The first-order valence-electron chi connectivity index (χ1n) is 3.33. The maximum atomic E-state index is 10.7. The zero-order valence-electron chi connectivity index (χ0n) is 6.34. The Kier molecular flexibility index (Phi) is 3.42. The minimum Gasteiger partial charge on any atom is -0.423 e. The van der Waals surface area contributed by atoms with E-state index in [0.29, 0.717) is 5.76 Å². The summed E-state index contributed by atoms with van der Waals surface area (Å²) >= 11 is 16.3. The summed E-state index contributed by atoms with van der Waals surface area (Å²) in [5, 5.41) is 0. The van der Waals surface area contributed by atoms with Crippen molar-refractivity contribution in [2.24, 2.45) is 0 Å². The monoisotopic (exact) mass is 238 g/mol. The van der Waals surface area contributed by atoms with Gasteiger partial charge in [-0.05, 0) is 18.2 Å². The van der Waals surface area contributed by atoms with Crippen LogP contribution in [0, 0.1) is 0 Å². The molecule has 2 nitrogen and oxygen atoms in total. The summed E-state index contributed by atoms with van der Waals surface area (Å²) in [5.74, 6) is 0.346. The smallest absolute Gasteiger partial charge is 0.336 e. The molecule has 0 aromatic carbocycles. The fourth-order valence-electron chi connectivity index (χ4n) is 0.672. The van der Waals surface area contributed by atoms with Crippen molar-refractivity contribution in [3.8, 4) is 0 Å². The minimum atomic E-state index is -1.48. The molecular weight excluding hydrogens is 234 g/mol. The van der Waals surface area contributed by atoms with E-state index in [0.717, 1.165) is 0 Å². The van der Waals surface area contributed by atoms with Gasteiger partial charge < -0.3 is 4.42 Å². The third-order valence-corrected chi connectivity index (χ3v) is 1.53. The molecule has 1 aromatic heterocycles. The molecular formula is C8H5Cl3O2. The van der Waals surface area contributed by atoms with Crippen molar-refractivity contribution in [1.82, 2.24) is 0 Å². The van der Waals surface area contributed by atoms with Crippen LogP contribution < -0.4 is 5.63 Å². The van der Waals surface area contributed by atoms with Crippen molar-refractivity contribution < 1.29 is 4.42 Å². The van der Waals surface area contributed by atoms with E-state index in [-0.39, 0.29) is 0 Å². The Bertz CT molecular complexity index is 362. The van der Waals surface area contributed by atoms with Gasteiger partial charge in [-0.2, -0.15) is 0 Å². The zero-order chi connectivity index (χ0) is 9.90. The average molecular weight is 239 g/mol. The Morgan fingerprint density at radius 1 is 1.31 bits per heavy atom. The number of alkyl halides is 3. The molecule has 13 heavy (non-hydrogen) atoms. The number of allylic oxidation sites excluding steroid dienone is 1. The molecule has 0 aliphatic rings. The van der Waals surface area contributed by atoms with Gasteiger partial charge in [-0.25, -0.2) is 4.79 Å². The van der Waals surface area contributed by atoms with Crippen LogP contribution in [0.3, 0.4) is 0 Å². The fourth-order valence-corrected chi connectivity index (χ4v) is 0.861. The summed E-state index contributed by atoms with van der Waals surface area (Å²) in [6, 6.07) is 4.45. The molecule has 0 saturated carbocycles. The van der Waals surface area contributed by atoms with Crippen molar-refractivity contribution in [1.29, 1.82) is 0 Å². The van der Waals surface area contributed by atoms with Crippen LogP contribution in [0.2, 0.25) is 0 Å². The van der Waals surface area contributed by atoms with Gasteiger partial charge in [-0.3, -0.25) is 0 Å². The number of halogens is 3. The molecule has 0 unspecified atom stereocenters. The summed E-state index contributed by atoms with van der Waals surface area (Å²) in [5.41, 5.74) is -0.438. The van der Waals surface area contributed by atoms with E-state index in [1.165, 1.54) is 18.2 Å². The molecule has 0 atom stereocenters. The molecule has 1 heterocycles. The topological polar surface area (TPSA) is 30.2 Å². The second kappa shape index (κ2) is 4.18. The summed E-state index contributed by atoms with van der Waals surface area (Å²) in [4.78, 5) is 10.7. The Hall–Kier alpha value is -0.440. The maximum absolute atomic E-state index is 10.7. The van der Waals surface area contributed by atoms with E-state index >= 15 is 0 Å². The highest BCUT2D eigenvalue weighted by atomic mass is 35.6. The molecule has 0 aliphatic heterocycles. The maximum Gasteiger partial charge on any atom is 0.336 e. The highest BCUT2D eigenvalue weighted by Gasteiger charge is 2.13. The van der Waals surface area contributed by atoms with E-state index in [2.05, 4.69) is 0 Å².